The van der Waals surface area contributed by atoms with Gasteiger partial charge in [-0.1, -0.05) is 16.9 Å². The molecule has 0 aromatic carbocycles. The summed E-state index contributed by atoms with van der Waals surface area (Å²) in [5.41, 5.74) is 0.422. The van der Waals surface area contributed by atoms with Gasteiger partial charge in [0, 0.05) is 11.8 Å². The van der Waals surface area contributed by atoms with Crippen LogP contribution in [0.15, 0.2) is 20.2 Å². The molecule has 2 aromatic heterocycles. The van der Waals surface area contributed by atoms with Crippen molar-refractivity contribution in [2.24, 2.45) is 0 Å². The fourth-order valence-corrected chi connectivity index (χ4v) is 1.44. The molecule has 0 atom stereocenters. The maximum absolute atomic E-state index is 10.2. The van der Waals surface area contributed by atoms with Crippen LogP contribution in [-0.4, -0.2) is 27.1 Å². The number of aliphatic carboxylic acids is 1. The number of carbonyl (C=O) groups excluding carboxylic acids is 1. The van der Waals surface area contributed by atoms with Crippen molar-refractivity contribution in [2.45, 2.75) is 12.1 Å². The number of rotatable bonds is 4. The minimum atomic E-state index is -1.19. The first kappa shape index (κ1) is 10.7. The molecule has 0 fully saturated rings. The molecular weight excluding hydrogens is 234 g/mol. The van der Waals surface area contributed by atoms with Crippen LogP contribution in [0.25, 0.3) is 11.6 Å². The standard InChI is InChI=1S/C8H7N3O4S/c1-4-2-5(11-15-4)7-9-10-8(14-7)16-3-6(12)13/h2H,3H2,1H3,(H,12,13)/p-1. The molecular formula is C8H6N3O4S-. The maximum atomic E-state index is 10.2. The smallest absolute Gasteiger partial charge is 0.277 e. The molecule has 7 nitrogen and oxygen atoms in total. The average Bonchev–Trinajstić information content (AvgIpc) is 2.83. The number of hydrogen-bond donors (Lipinski definition) is 0. The number of carboxylic acids is 1. The molecule has 2 heterocycles. The van der Waals surface area contributed by atoms with Gasteiger partial charge in [0.2, 0.25) is 0 Å². The van der Waals surface area contributed by atoms with Crippen molar-refractivity contribution < 1.29 is 18.8 Å². The van der Waals surface area contributed by atoms with Crippen molar-refractivity contribution in [3.05, 3.63) is 11.8 Å². The molecule has 0 amide bonds. The van der Waals surface area contributed by atoms with Crippen LogP contribution in [0.2, 0.25) is 0 Å². The van der Waals surface area contributed by atoms with Crippen LogP contribution in [0.3, 0.4) is 0 Å². The molecule has 2 aromatic rings. The van der Waals surface area contributed by atoms with Crippen molar-refractivity contribution >= 4 is 17.7 Å². The molecule has 0 unspecified atom stereocenters. The van der Waals surface area contributed by atoms with Gasteiger partial charge in [0.15, 0.2) is 5.69 Å². The van der Waals surface area contributed by atoms with Gasteiger partial charge in [-0.3, -0.25) is 0 Å². The lowest BCUT2D eigenvalue weighted by Crippen LogP contribution is -2.24. The average molecular weight is 240 g/mol. The van der Waals surface area contributed by atoms with Crippen molar-refractivity contribution in [1.29, 1.82) is 0 Å². The van der Waals surface area contributed by atoms with Gasteiger partial charge in [-0.05, 0) is 6.92 Å². The molecule has 0 aliphatic carbocycles. The number of carbonyl (C=O) groups is 1. The Labute approximate surface area is 93.8 Å². The second kappa shape index (κ2) is 4.35. The van der Waals surface area contributed by atoms with Gasteiger partial charge < -0.3 is 18.8 Å². The van der Waals surface area contributed by atoms with Gasteiger partial charge in [0.05, 0.1) is 5.97 Å². The van der Waals surface area contributed by atoms with E-state index < -0.39 is 5.97 Å². The Morgan fingerprint density at radius 2 is 2.38 bits per heavy atom. The Balaban J connectivity index is 2.10. The highest BCUT2D eigenvalue weighted by Crippen LogP contribution is 2.22. The van der Waals surface area contributed by atoms with Crippen LogP contribution in [0.5, 0.6) is 0 Å². The van der Waals surface area contributed by atoms with E-state index in [2.05, 4.69) is 15.4 Å². The van der Waals surface area contributed by atoms with E-state index in [0.717, 1.165) is 11.8 Å². The van der Waals surface area contributed by atoms with Crippen LogP contribution >= 0.6 is 11.8 Å². The van der Waals surface area contributed by atoms with Gasteiger partial charge in [0.1, 0.15) is 5.76 Å². The SMILES string of the molecule is Cc1cc(-c2nnc(SCC(=O)[O-])o2)no1. The summed E-state index contributed by atoms with van der Waals surface area (Å²) < 4.78 is 10.00. The van der Waals surface area contributed by atoms with Crippen molar-refractivity contribution in [2.75, 3.05) is 5.75 Å². The number of aryl methyl sites for hydroxylation is 1. The third kappa shape index (κ3) is 2.40. The molecule has 0 spiro atoms. The Kier molecular flexibility index (Phi) is 2.91. The zero-order valence-electron chi connectivity index (χ0n) is 8.17. The second-order valence-electron chi connectivity index (χ2n) is 2.86. The highest BCUT2D eigenvalue weighted by atomic mass is 32.2. The monoisotopic (exact) mass is 240 g/mol. The molecule has 0 radical (unpaired) electrons. The van der Waals surface area contributed by atoms with E-state index in [9.17, 15) is 9.90 Å². The van der Waals surface area contributed by atoms with E-state index in [-0.39, 0.29) is 16.9 Å². The summed E-state index contributed by atoms with van der Waals surface area (Å²) in [6.07, 6.45) is 0. The molecule has 0 N–H and O–H groups in total. The van der Waals surface area contributed by atoms with E-state index >= 15 is 0 Å². The number of carboxylic acid groups (broad SMARTS) is 1. The van der Waals surface area contributed by atoms with Gasteiger partial charge in [-0.25, -0.2) is 0 Å². The molecule has 0 saturated carbocycles. The zero-order valence-corrected chi connectivity index (χ0v) is 8.98. The normalized spacial score (nSPS) is 10.6. The van der Waals surface area contributed by atoms with E-state index in [0.29, 0.717) is 11.5 Å². The molecule has 8 heteroatoms. The maximum Gasteiger partial charge on any atom is 0.277 e. The number of hydrogen-bond acceptors (Lipinski definition) is 8. The summed E-state index contributed by atoms with van der Waals surface area (Å²) in [4.78, 5) is 10.2. The van der Waals surface area contributed by atoms with Gasteiger partial charge in [-0.15, -0.1) is 10.2 Å². The zero-order chi connectivity index (χ0) is 11.5. The van der Waals surface area contributed by atoms with E-state index in [1.807, 2.05) is 0 Å². The lowest BCUT2D eigenvalue weighted by molar-refractivity contribution is -0.301. The lowest BCUT2D eigenvalue weighted by Gasteiger charge is -1.95. The topological polar surface area (TPSA) is 105 Å². The largest absolute Gasteiger partial charge is 0.549 e. The van der Waals surface area contributed by atoms with Gasteiger partial charge >= 0.3 is 0 Å². The van der Waals surface area contributed by atoms with Crippen LogP contribution < -0.4 is 5.11 Å². The molecule has 84 valence electrons. The minimum absolute atomic E-state index is 0.153. The van der Waals surface area contributed by atoms with Crippen LogP contribution in [0.4, 0.5) is 0 Å². The second-order valence-corrected chi connectivity index (χ2v) is 3.78. The number of aromatic nitrogens is 3. The van der Waals surface area contributed by atoms with Gasteiger partial charge in [-0.2, -0.15) is 0 Å². The van der Waals surface area contributed by atoms with Crippen molar-refractivity contribution in [3.8, 4) is 11.6 Å². The molecule has 0 bridgehead atoms. The molecule has 0 aliphatic rings. The third-order valence-electron chi connectivity index (χ3n) is 1.57. The summed E-state index contributed by atoms with van der Waals surface area (Å²) in [5.74, 6) is -0.615. The first-order valence-corrected chi connectivity index (χ1v) is 5.23. The predicted molar refractivity (Wildman–Crippen MR) is 50.3 cm³/mol. The summed E-state index contributed by atoms with van der Waals surface area (Å²) in [7, 11) is 0. The third-order valence-corrected chi connectivity index (χ3v) is 2.36. The van der Waals surface area contributed by atoms with E-state index in [4.69, 9.17) is 8.94 Å². The van der Waals surface area contributed by atoms with E-state index in [1.54, 1.807) is 13.0 Å². The quantitative estimate of drug-likeness (QED) is 0.681. The number of nitrogens with zero attached hydrogens (tertiary/aromatic N) is 3. The summed E-state index contributed by atoms with van der Waals surface area (Å²) >= 11 is 0.890. The van der Waals surface area contributed by atoms with Crippen LogP contribution in [0.1, 0.15) is 5.76 Å². The fourth-order valence-electron chi connectivity index (χ4n) is 0.959. The Hall–Kier alpha value is -1.83. The fraction of sp³-hybridized carbons (Fsp3) is 0.250. The Bertz CT molecular complexity index is 507. The van der Waals surface area contributed by atoms with Gasteiger partial charge in [0.25, 0.3) is 11.1 Å². The minimum Gasteiger partial charge on any atom is -0.549 e. The Morgan fingerprint density at radius 1 is 1.56 bits per heavy atom. The summed E-state index contributed by atoms with van der Waals surface area (Å²) in [6.45, 7) is 1.73. The Morgan fingerprint density at radius 3 is 3.00 bits per heavy atom. The molecule has 16 heavy (non-hydrogen) atoms. The van der Waals surface area contributed by atoms with E-state index in [1.165, 1.54) is 0 Å². The summed E-state index contributed by atoms with van der Waals surface area (Å²) in [6, 6.07) is 1.64. The predicted octanol–water partition coefficient (Wildman–Crippen LogP) is -0.125. The molecule has 2 rings (SSSR count). The highest BCUT2D eigenvalue weighted by molar-refractivity contribution is 7.99. The highest BCUT2D eigenvalue weighted by Gasteiger charge is 2.12. The van der Waals surface area contributed by atoms with Crippen molar-refractivity contribution in [3.63, 3.8) is 0 Å². The lowest BCUT2D eigenvalue weighted by atomic mass is 10.4. The molecule has 0 saturated heterocycles. The first-order chi connectivity index (χ1) is 7.65. The van der Waals surface area contributed by atoms with Crippen molar-refractivity contribution in [1.82, 2.24) is 15.4 Å². The summed E-state index contributed by atoms with van der Waals surface area (Å²) in [5, 5.41) is 21.4. The number of thioether (sulfide) groups is 1. The van der Waals surface area contributed by atoms with Crippen LogP contribution in [0, 0.1) is 6.92 Å². The first-order valence-electron chi connectivity index (χ1n) is 4.25. The van der Waals surface area contributed by atoms with Crippen LogP contribution in [-0.2, 0) is 4.79 Å². The molecule has 0 aliphatic heterocycles.